The number of ether oxygens (including phenoxy) is 1. The minimum Gasteiger partial charge on any atom is -0.497 e. The molecular formula is C20H24N2O3. The minimum absolute atomic E-state index is 0.131. The van der Waals surface area contributed by atoms with E-state index in [9.17, 15) is 4.79 Å². The van der Waals surface area contributed by atoms with Crippen LogP contribution in [0.3, 0.4) is 0 Å². The van der Waals surface area contributed by atoms with Crippen molar-refractivity contribution in [3.8, 4) is 5.75 Å². The van der Waals surface area contributed by atoms with Gasteiger partial charge in [-0.2, -0.15) is 0 Å². The lowest BCUT2D eigenvalue weighted by Crippen LogP contribution is -2.19. The zero-order valence-electron chi connectivity index (χ0n) is 14.9. The number of methoxy groups -OCH3 is 1. The number of hydrogen-bond acceptors (Lipinski definition) is 4. The van der Waals surface area contributed by atoms with Gasteiger partial charge in [0.05, 0.1) is 13.3 Å². The first-order valence-electron chi connectivity index (χ1n) is 8.37. The average molecular weight is 340 g/mol. The Labute approximate surface area is 148 Å². The second-order valence-electron chi connectivity index (χ2n) is 5.49. The topological polar surface area (TPSA) is 59.9 Å². The monoisotopic (exact) mass is 340 g/mol. The minimum atomic E-state index is -0.220. The fraction of sp³-hybridized carbons (Fsp3) is 0.300. The number of benzene rings is 2. The van der Waals surface area contributed by atoms with Gasteiger partial charge >= 0.3 is 0 Å². The van der Waals surface area contributed by atoms with Crippen LogP contribution in [0.15, 0.2) is 47.6 Å². The van der Waals surface area contributed by atoms with Crippen molar-refractivity contribution in [1.82, 2.24) is 0 Å². The number of amides is 1. The molecule has 0 atom stereocenters. The summed E-state index contributed by atoms with van der Waals surface area (Å²) in [7, 11) is 1.62. The highest BCUT2D eigenvalue weighted by atomic mass is 16.6. The van der Waals surface area contributed by atoms with E-state index in [1.54, 1.807) is 13.3 Å². The summed E-state index contributed by atoms with van der Waals surface area (Å²) < 4.78 is 5.09. The number of para-hydroxylation sites is 1. The first kappa shape index (κ1) is 18.5. The molecule has 0 aliphatic carbocycles. The molecule has 2 rings (SSSR count). The van der Waals surface area contributed by atoms with Gasteiger partial charge in [-0.25, -0.2) is 0 Å². The van der Waals surface area contributed by atoms with Crippen LogP contribution >= 0.6 is 0 Å². The second-order valence-corrected chi connectivity index (χ2v) is 5.49. The predicted octanol–water partition coefficient (Wildman–Crippen LogP) is 3.81. The van der Waals surface area contributed by atoms with Crippen LogP contribution < -0.4 is 10.1 Å². The lowest BCUT2D eigenvalue weighted by molar-refractivity contribution is -0.120. The molecule has 25 heavy (non-hydrogen) atoms. The Morgan fingerprint density at radius 2 is 1.72 bits per heavy atom. The molecule has 0 heterocycles. The van der Waals surface area contributed by atoms with E-state index in [0.717, 1.165) is 41.0 Å². The normalized spacial score (nSPS) is 10.7. The van der Waals surface area contributed by atoms with Gasteiger partial charge in [-0.3, -0.25) is 4.79 Å². The van der Waals surface area contributed by atoms with E-state index < -0.39 is 0 Å². The van der Waals surface area contributed by atoms with Crippen molar-refractivity contribution in [3.63, 3.8) is 0 Å². The molecule has 0 bridgehead atoms. The van der Waals surface area contributed by atoms with Gasteiger partial charge in [0.1, 0.15) is 5.75 Å². The van der Waals surface area contributed by atoms with Crippen molar-refractivity contribution in [2.45, 2.75) is 26.7 Å². The summed E-state index contributed by atoms with van der Waals surface area (Å²) in [5.74, 6) is 0.557. The number of anilines is 1. The molecule has 0 radical (unpaired) electrons. The maximum atomic E-state index is 12.1. The Bertz CT molecular complexity index is 702. The molecule has 5 nitrogen and oxygen atoms in total. The van der Waals surface area contributed by atoms with Gasteiger partial charge < -0.3 is 14.9 Å². The quantitative estimate of drug-likeness (QED) is 0.587. The van der Waals surface area contributed by atoms with Crippen LogP contribution in [-0.4, -0.2) is 25.8 Å². The van der Waals surface area contributed by atoms with Crippen LogP contribution in [0.1, 0.15) is 30.5 Å². The third-order valence-electron chi connectivity index (χ3n) is 3.85. The summed E-state index contributed by atoms with van der Waals surface area (Å²) in [6.07, 6.45) is 3.28. The number of hydrogen-bond donors (Lipinski definition) is 1. The van der Waals surface area contributed by atoms with Gasteiger partial charge in [0.25, 0.3) is 5.91 Å². The predicted molar refractivity (Wildman–Crippen MR) is 100 cm³/mol. The smallest absolute Gasteiger partial charge is 0.265 e. The van der Waals surface area contributed by atoms with Gasteiger partial charge in [-0.05, 0) is 53.8 Å². The van der Waals surface area contributed by atoms with Gasteiger partial charge in [0, 0.05) is 5.69 Å². The third-order valence-corrected chi connectivity index (χ3v) is 3.85. The Balaban J connectivity index is 1.89. The Morgan fingerprint density at radius 1 is 1.08 bits per heavy atom. The largest absolute Gasteiger partial charge is 0.497 e. The summed E-state index contributed by atoms with van der Waals surface area (Å²) in [6.45, 7) is 4.01. The van der Waals surface area contributed by atoms with Crippen molar-refractivity contribution in [1.29, 1.82) is 0 Å². The summed E-state index contributed by atoms with van der Waals surface area (Å²) in [4.78, 5) is 17.2. The molecule has 0 unspecified atom stereocenters. The van der Waals surface area contributed by atoms with Gasteiger partial charge in [-0.1, -0.05) is 37.2 Å². The lowest BCUT2D eigenvalue weighted by Gasteiger charge is -2.13. The number of oxime groups is 1. The number of rotatable bonds is 8. The van der Waals surface area contributed by atoms with Crippen molar-refractivity contribution < 1.29 is 14.4 Å². The first-order chi connectivity index (χ1) is 12.2. The number of carbonyl (C=O) groups excluding carboxylic acids is 1. The molecule has 1 amide bonds. The SMILES string of the molecule is CCc1cccc(CC)c1NC(=O)CO/N=C\c1ccc(OC)cc1. The summed E-state index contributed by atoms with van der Waals surface area (Å²) >= 11 is 0. The Hall–Kier alpha value is -2.82. The van der Waals surface area contributed by atoms with E-state index in [0.29, 0.717) is 0 Å². The van der Waals surface area contributed by atoms with Crippen molar-refractivity contribution in [2.75, 3.05) is 19.0 Å². The average Bonchev–Trinajstić information content (AvgIpc) is 2.65. The van der Waals surface area contributed by atoms with Gasteiger partial charge in [0.15, 0.2) is 6.61 Å². The molecular weight excluding hydrogens is 316 g/mol. The highest BCUT2D eigenvalue weighted by Crippen LogP contribution is 2.22. The maximum absolute atomic E-state index is 12.1. The van der Waals surface area contributed by atoms with E-state index in [-0.39, 0.29) is 12.5 Å². The summed E-state index contributed by atoms with van der Waals surface area (Å²) in [5.41, 5.74) is 4.00. The fourth-order valence-electron chi connectivity index (χ4n) is 2.46. The van der Waals surface area contributed by atoms with Crippen LogP contribution in [0.5, 0.6) is 5.75 Å². The number of carbonyl (C=O) groups is 1. The zero-order valence-corrected chi connectivity index (χ0v) is 14.9. The molecule has 0 aliphatic rings. The summed E-state index contributed by atoms with van der Waals surface area (Å²) in [6, 6.07) is 13.5. The van der Waals surface area contributed by atoms with Crippen LogP contribution in [0.25, 0.3) is 0 Å². The molecule has 132 valence electrons. The van der Waals surface area contributed by atoms with E-state index >= 15 is 0 Å². The van der Waals surface area contributed by atoms with E-state index in [1.165, 1.54) is 0 Å². The molecule has 0 fully saturated rings. The molecule has 0 spiro atoms. The Kier molecular flexibility index (Phi) is 7.01. The number of nitrogens with one attached hydrogen (secondary N) is 1. The first-order valence-corrected chi connectivity index (χ1v) is 8.37. The van der Waals surface area contributed by atoms with Crippen molar-refractivity contribution in [3.05, 3.63) is 59.2 Å². The molecule has 5 heteroatoms. The molecule has 0 saturated carbocycles. The Morgan fingerprint density at radius 3 is 2.28 bits per heavy atom. The molecule has 2 aromatic rings. The van der Waals surface area contributed by atoms with E-state index in [1.807, 2.05) is 42.5 Å². The highest BCUT2D eigenvalue weighted by Gasteiger charge is 2.10. The third kappa shape index (κ3) is 5.35. The van der Waals surface area contributed by atoms with Crippen LogP contribution in [0.4, 0.5) is 5.69 Å². The molecule has 0 aromatic heterocycles. The second kappa shape index (κ2) is 9.47. The van der Waals surface area contributed by atoms with E-state index in [4.69, 9.17) is 9.57 Å². The van der Waals surface area contributed by atoms with Crippen LogP contribution in [0.2, 0.25) is 0 Å². The summed E-state index contributed by atoms with van der Waals surface area (Å²) in [5, 5.41) is 6.78. The highest BCUT2D eigenvalue weighted by molar-refractivity contribution is 5.93. The van der Waals surface area contributed by atoms with Gasteiger partial charge in [0.2, 0.25) is 0 Å². The number of aryl methyl sites for hydroxylation is 2. The molecule has 1 N–H and O–H groups in total. The molecule has 0 aliphatic heterocycles. The van der Waals surface area contributed by atoms with Crippen LogP contribution in [0, 0.1) is 0 Å². The standard InChI is InChI=1S/C20H24N2O3/c1-4-16-7-6-8-17(5-2)20(16)22-19(23)14-25-21-13-15-9-11-18(24-3)12-10-15/h6-13H,4-5,14H2,1-3H3,(H,22,23)/b21-13-. The molecule has 2 aromatic carbocycles. The lowest BCUT2D eigenvalue weighted by atomic mass is 10.0. The van der Waals surface area contributed by atoms with Crippen LogP contribution in [-0.2, 0) is 22.5 Å². The maximum Gasteiger partial charge on any atom is 0.265 e. The number of nitrogens with zero attached hydrogens (tertiary/aromatic N) is 1. The van der Waals surface area contributed by atoms with E-state index in [2.05, 4.69) is 24.3 Å². The fourth-order valence-corrected chi connectivity index (χ4v) is 2.46. The van der Waals surface area contributed by atoms with Gasteiger partial charge in [-0.15, -0.1) is 0 Å². The van der Waals surface area contributed by atoms with Crippen molar-refractivity contribution in [2.24, 2.45) is 5.16 Å². The zero-order chi connectivity index (χ0) is 18.1. The van der Waals surface area contributed by atoms with Crippen molar-refractivity contribution >= 4 is 17.8 Å². The molecule has 0 saturated heterocycles.